The van der Waals surface area contributed by atoms with E-state index in [2.05, 4.69) is 5.43 Å². The number of aromatic hydroxyl groups is 1. The Balaban J connectivity index is 1.89. The zero-order chi connectivity index (χ0) is 27.4. The number of nitrogens with zero attached hydrogens (tertiary/aromatic N) is 2. The first-order chi connectivity index (χ1) is 17.4. The van der Waals surface area contributed by atoms with E-state index in [0.29, 0.717) is 25.2 Å². The number of likely N-dealkylation sites (N-methyl/N-ethyl adjacent to an activating group) is 1. The number of aliphatic hydroxyl groups excluding tert-OH is 2. The average Bonchev–Trinajstić information content (AvgIpc) is 2.82. The van der Waals surface area contributed by atoms with Gasteiger partial charge in [0.25, 0.3) is 5.91 Å². The Labute approximate surface area is 214 Å². The second-order valence-electron chi connectivity index (χ2n) is 10.1. The minimum atomic E-state index is -2.64. The van der Waals surface area contributed by atoms with Crippen LogP contribution in [-0.2, 0) is 22.6 Å². The Hall–Kier alpha value is -3.25. The Bertz CT molecular complexity index is 1240. The number of phenolic OH excluding ortho intramolecular Hbond substituents is 1. The predicted molar refractivity (Wildman–Crippen MR) is 133 cm³/mol. The lowest BCUT2D eigenvalue weighted by atomic mass is 9.58. The van der Waals surface area contributed by atoms with Crippen molar-refractivity contribution < 1.29 is 34.8 Å². The topological polar surface area (TPSA) is 177 Å². The smallest absolute Gasteiger partial charge is 0.255 e. The number of aliphatic hydroxyl groups is 3. The number of benzene rings is 1. The second-order valence-corrected chi connectivity index (χ2v) is 10.1. The van der Waals surface area contributed by atoms with Crippen molar-refractivity contribution in [3.63, 3.8) is 0 Å². The summed E-state index contributed by atoms with van der Waals surface area (Å²) in [6.07, 6.45) is 0.327. The van der Waals surface area contributed by atoms with Gasteiger partial charge in [0, 0.05) is 31.1 Å². The van der Waals surface area contributed by atoms with Crippen LogP contribution in [0.25, 0.3) is 0 Å². The summed E-state index contributed by atoms with van der Waals surface area (Å²) >= 11 is 0. The van der Waals surface area contributed by atoms with Gasteiger partial charge in [0.05, 0.1) is 11.6 Å². The van der Waals surface area contributed by atoms with Crippen molar-refractivity contribution >= 4 is 17.5 Å². The Morgan fingerprint density at radius 1 is 1.19 bits per heavy atom. The number of phenols is 1. The fourth-order valence-corrected chi connectivity index (χ4v) is 6.17. The van der Waals surface area contributed by atoms with Gasteiger partial charge in [-0.25, -0.2) is 5.01 Å². The van der Waals surface area contributed by atoms with Gasteiger partial charge in [0.2, 0.25) is 5.78 Å². The number of nitrogens with two attached hydrogens (primary N) is 1. The summed E-state index contributed by atoms with van der Waals surface area (Å²) in [4.78, 5) is 40.7. The van der Waals surface area contributed by atoms with Crippen LogP contribution < -0.4 is 11.2 Å². The lowest BCUT2D eigenvalue weighted by molar-refractivity contribution is -0.148. The highest BCUT2D eigenvalue weighted by Crippen LogP contribution is 2.52. The summed E-state index contributed by atoms with van der Waals surface area (Å²) in [6.45, 7) is 5.84. The molecule has 7 N–H and O–H groups in total. The third kappa shape index (κ3) is 3.93. The molecule has 0 fully saturated rings. The van der Waals surface area contributed by atoms with E-state index in [1.54, 1.807) is 20.2 Å². The van der Waals surface area contributed by atoms with Crippen molar-refractivity contribution in [2.75, 3.05) is 27.2 Å². The van der Waals surface area contributed by atoms with Crippen LogP contribution in [0.5, 0.6) is 5.75 Å². The number of ketones is 2. The van der Waals surface area contributed by atoms with E-state index in [0.717, 1.165) is 5.56 Å². The number of amides is 1. The molecule has 11 heteroatoms. The first kappa shape index (κ1) is 26.8. The lowest BCUT2D eigenvalue weighted by Crippen LogP contribution is -2.63. The average molecular weight is 515 g/mol. The number of nitrogens with one attached hydrogen (secondary N) is 1. The third-order valence-electron chi connectivity index (χ3n) is 7.83. The van der Waals surface area contributed by atoms with E-state index in [1.165, 1.54) is 11.0 Å². The fourth-order valence-electron chi connectivity index (χ4n) is 6.17. The minimum Gasteiger partial charge on any atom is -0.510 e. The summed E-state index contributed by atoms with van der Waals surface area (Å²) < 4.78 is 0. The normalized spacial score (nSPS) is 27.5. The Kier molecular flexibility index (Phi) is 6.93. The van der Waals surface area contributed by atoms with Crippen molar-refractivity contribution in [2.24, 2.45) is 17.6 Å². The first-order valence-electron chi connectivity index (χ1n) is 12.4. The molecule has 0 heterocycles. The maximum Gasteiger partial charge on any atom is 0.255 e. The maximum absolute atomic E-state index is 13.7. The molecule has 1 amide bonds. The van der Waals surface area contributed by atoms with Crippen LogP contribution in [0.15, 0.2) is 34.8 Å². The van der Waals surface area contributed by atoms with Gasteiger partial charge in [0.1, 0.15) is 22.8 Å². The molecule has 3 aliphatic rings. The summed E-state index contributed by atoms with van der Waals surface area (Å²) in [5, 5.41) is 46.5. The quantitative estimate of drug-likeness (QED) is 0.221. The maximum atomic E-state index is 13.7. The number of rotatable bonds is 7. The van der Waals surface area contributed by atoms with Gasteiger partial charge in [-0.1, -0.05) is 19.9 Å². The summed E-state index contributed by atoms with van der Waals surface area (Å²) in [7, 11) is 3.20. The molecule has 1 aromatic carbocycles. The van der Waals surface area contributed by atoms with E-state index < -0.39 is 58.0 Å². The van der Waals surface area contributed by atoms with Crippen LogP contribution in [0.4, 0.5) is 0 Å². The zero-order valence-electron chi connectivity index (χ0n) is 21.4. The van der Waals surface area contributed by atoms with E-state index >= 15 is 0 Å². The number of hydrazine groups is 1. The second kappa shape index (κ2) is 9.56. The number of Topliss-reactive ketones (excluding diaryl/α,β-unsaturated/α-hetero) is 2. The van der Waals surface area contributed by atoms with Crippen LogP contribution in [0.2, 0.25) is 0 Å². The molecule has 0 saturated heterocycles. The molecule has 4 rings (SSSR count). The van der Waals surface area contributed by atoms with Crippen LogP contribution in [-0.4, -0.2) is 86.6 Å². The van der Waals surface area contributed by atoms with Crippen molar-refractivity contribution in [2.45, 2.75) is 44.9 Å². The van der Waals surface area contributed by atoms with Gasteiger partial charge < -0.3 is 26.2 Å². The molecular weight excluding hydrogens is 480 g/mol. The van der Waals surface area contributed by atoms with Gasteiger partial charge in [0.15, 0.2) is 11.4 Å². The van der Waals surface area contributed by atoms with Crippen LogP contribution >= 0.6 is 0 Å². The van der Waals surface area contributed by atoms with Crippen LogP contribution in [0.3, 0.4) is 0 Å². The Morgan fingerprint density at radius 2 is 1.86 bits per heavy atom. The van der Waals surface area contributed by atoms with E-state index in [-0.39, 0.29) is 29.7 Å². The molecule has 0 aromatic heterocycles. The predicted octanol–water partition coefficient (Wildman–Crippen LogP) is 0.467. The number of carbonyl (C=O) groups excluding carboxylic acids is 3. The number of hydrogen-bond donors (Lipinski definition) is 6. The molecule has 0 saturated carbocycles. The third-order valence-corrected chi connectivity index (χ3v) is 7.83. The van der Waals surface area contributed by atoms with Gasteiger partial charge in [-0.15, -0.1) is 0 Å². The van der Waals surface area contributed by atoms with Crippen molar-refractivity contribution in [3.8, 4) is 5.75 Å². The molecule has 0 spiro atoms. The molecule has 200 valence electrons. The number of hydrogen-bond acceptors (Lipinski definition) is 10. The molecule has 1 aromatic rings. The molecular formula is C26H34N4O7. The highest BCUT2D eigenvalue weighted by molar-refractivity contribution is 6.24. The number of allylic oxidation sites excluding steroid dienone is 1. The number of primary amides is 1. The van der Waals surface area contributed by atoms with Crippen molar-refractivity contribution in [1.82, 2.24) is 15.3 Å². The molecule has 4 atom stereocenters. The highest BCUT2D eigenvalue weighted by Gasteiger charge is 2.63. The summed E-state index contributed by atoms with van der Waals surface area (Å²) in [5.41, 5.74) is 6.47. The summed E-state index contributed by atoms with van der Waals surface area (Å²) in [6, 6.07) is 2.16. The molecule has 11 nitrogen and oxygen atoms in total. The van der Waals surface area contributed by atoms with E-state index in [9.17, 15) is 34.8 Å². The lowest BCUT2D eigenvalue weighted by Gasteiger charge is -2.50. The largest absolute Gasteiger partial charge is 0.510 e. The first-order valence-corrected chi connectivity index (χ1v) is 12.4. The highest BCUT2D eigenvalue weighted by atomic mass is 16.3. The van der Waals surface area contributed by atoms with Crippen LogP contribution in [0, 0.1) is 11.8 Å². The van der Waals surface area contributed by atoms with Gasteiger partial charge in [-0.2, -0.15) is 0 Å². The molecule has 0 aliphatic heterocycles. The van der Waals surface area contributed by atoms with E-state index in [1.807, 2.05) is 18.9 Å². The van der Waals surface area contributed by atoms with Crippen molar-refractivity contribution in [1.29, 1.82) is 0 Å². The minimum absolute atomic E-state index is 0.0193. The standard InChI is InChI=1S/C26H34N4O7/c1-5-28-30(6-2)11-12-7-8-16(31)18-14(12)9-13-10-15-20(29(3)4)22(33)19(25(27)36)24(35)26(15,37)23(34)17(13)21(18)32/h7-8,13,15,20,28,31,33-34,37H,5-6,9-11H2,1-4H3,(H2,27,36)/t13-,15-,20-,26-/m0/s1. The molecule has 3 aliphatic carbocycles. The van der Waals surface area contributed by atoms with Crippen LogP contribution in [0.1, 0.15) is 41.8 Å². The number of carbonyl (C=O) groups is 3. The van der Waals surface area contributed by atoms with Gasteiger partial charge in [-0.3, -0.25) is 24.7 Å². The molecule has 0 radical (unpaired) electrons. The van der Waals surface area contributed by atoms with Gasteiger partial charge in [-0.05, 0) is 50.0 Å². The molecule has 0 bridgehead atoms. The number of fused-ring (bicyclic) bond motifs is 3. The van der Waals surface area contributed by atoms with E-state index in [4.69, 9.17) is 5.73 Å². The Morgan fingerprint density at radius 3 is 2.43 bits per heavy atom. The fraction of sp³-hybridized carbons (Fsp3) is 0.500. The molecule has 37 heavy (non-hydrogen) atoms. The van der Waals surface area contributed by atoms with Crippen molar-refractivity contribution in [3.05, 3.63) is 51.5 Å². The molecule has 0 unspecified atom stereocenters. The monoisotopic (exact) mass is 514 g/mol. The summed E-state index contributed by atoms with van der Waals surface area (Å²) in [5.74, 6) is -6.53. The van der Waals surface area contributed by atoms with Gasteiger partial charge >= 0.3 is 0 Å². The zero-order valence-corrected chi connectivity index (χ0v) is 21.4. The SMILES string of the molecule is CCNN(CC)Cc1ccc(O)c2c1C[C@H]1C[C@H]3[C@H](N(C)C)C(O)=C(C(N)=O)C(=O)[C@@]3(O)C(O)=C1C2=O.